The quantitative estimate of drug-likeness (QED) is 0.710. The van der Waals surface area contributed by atoms with Gasteiger partial charge in [-0.25, -0.2) is 8.42 Å². The summed E-state index contributed by atoms with van der Waals surface area (Å²) in [6.07, 6.45) is 3.30. The van der Waals surface area contributed by atoms with Gasteiger partial charge in [0.05, 0.1) is 23.2 Å². The average Bonchev–Trinajstić information content (AvgIpc) is 3.26. The molecule has 0 radical (unpaired) electrons. The van der Waals surface area contributed by atoms with E-state index in [4.69, 9.17) is 0 Å². The van der Waals surface area contributed by atoms with Crippen molar-refractivity contribution >= 4 is 33.2 Å². The molecule has 0 saturated carbocycles. The maximum absolute atomic E-state index is 13.2. The van der Waals surface area contributed by atoms with Crippen molar-refractivity contribution in [2.45, 2.75) is 39.2 Å². The number of sulfonamides is 1. The second-order valence-electron chi connectivity index (χ2n) is 7.85. The number of nitrogens with one attached hydrogen (secondary N) is 1. The van der Waals surface area contributed by atoms with Gasteiger partial charge in [-0.2, -0.15) is 0 Å². The molecule has 3 rings (SSSR count). The molecule has 1 N–H and O–H groups in total. The monoisotopic (exact) mass is 443 g/mol. The minimum Gasteiger partial charge on any atom is -0.339 e. The van der Waals surface area contributed by atoms with E-state index in [-0.39, 0.29) is 12.3 Å². The Morgan fingerprint density at radius 2 is 1.68 bits per heavy atom. The molecular weight excluding hydrogens is 414 g/mol. The van der Waals surface area contributed by atoms with Gasteiger partial charge in [0.1, 0.15) is 6.04 Å². The first-order valence-corrected chi connectivity index (χ1v) is 12.3. The first kappa shape index (κ1) is 22.8. The number of carbonyl (C=O) groups excluding carboxylic acids is 2. The molecule has 2 aromatic rings. The fraction of sp³-hybridized carbons (Fsp3) is 0.391. The summed E-state index contributed by atoms with van der Waals surface area (Å²) in [6.45, 7) is 5.08. The highest BCUT2D eigenvalue weighted by molar-refractivity contribution is 7.92. The van der Waals surface area contributed by atoms with Crippen molar-refractivity contribution in [3.8, 4) is 0 Å². The number of rotatable bonds is 7. The highest BCUT2D eigenvalue weighted by atomic mass is 32.2. The lowest BCUT2D eigenvalue weighted by molar-refractivity contribution is -0.117. The smallest absolute Gasteiger partial charge is 0.255 e. The molecule has 1 aliphatic rings. The van der Waals surface area contributed by atoms with Crippen LogP contribution >= 0.6 is 0 Å². The summed E-state index contributed by atoms with van der Waals surface area (Å²) >= 11 is 0. The average molecular weight is 444 g/mol. The van der Waals surface area contributed by atoms with Crippen LogP contribution in [0.4, 0.5) is 11.4 Å². The van der Waals surface area contributed by atoms with Crippen LogP contribution in [0.2, 0.25) is 0 Å². The minimum atomic E-state index is -3.72. The normalized spacial score (nSPS) is 14.9. The molecule has 0 bridgehead atoms. The zero-order chi connectivity index (χ0) is 22.6. The van der Waals surface area contributed by atoms with Gasteiger partial charge in [0.2, 0.25) is 15.9 Å². The van der Waals surface area contributed by atoms with E-state index < -0.39 is 22.0 Å². The van der Waals surface area contributed by atoms with E-state index in [9.17, 15) is 18.0 Å². The molecule has 0 aromatic heterocycles. The maximum Gasteiger partial charge on any atom is 0.255 e. The Balaban J connectivity index is 1.90. The molecule has 31 heavy (non-hydrogen) atoms. The molecule has 1 saturated heterocycles. The second-order valence-corrected chi connectivity index (χ2v) is 9.71. The summed E-state index contributed by atoms with van der Waals surface area (Å²) in [5, 5.41) is 2.81. The maximum atomic E-state index is 13.2. The number of benzene rings is 2. The van der Waals surface area contributed by atoms with Crippen molar-refractivity contribution in [3.63, 3.8) is 0 Å². The van der Waals surface area contributed by atoms with E-state index >= 15 is 0 Å². The zero-order valence-electron chi connectivity index (χ0n) is 18.2. The third kappa shape index (κ3) is 5.25. The summed E-state index contributed by atoms with van der Waals surface area (Å²) in [4.78, 5) is 27.9. The molecule has 166 valence electrons. The largest absolute Gasteiger partial charge is 0.339 e. The summed E-state index contributed by atoms with van der Waals surface area (Å²) in [5.41, 5.74) is 2.22. The van der Waals surface area contributed by atoms with Crippen LogP contribution in [-0.4, -0.2) is 50.5 Å². The van der Waals surface area contributed by atoms with Crippen LogP contribution in [0.15, 0.2) is 48.5 Å². The Morgan fingerprint density at radius 3 is 2.26 bits per heavy atom. The lowest BCUT2D eigenvalue weighted by atomic mass is 10.1. The van der Waals surface area contributed by atoms with Gasteiger partial charge in [0.15, 0.2) is 0 Å². The first-order chi connectivity index (χ1) is 14.7. The minimum absolute atomic E-state index is 0.125. The number of amides is 2. The molecule has 8 heteroatoms. The van der Waals surface area contributed by atoms with Gasteiger partial charge in [-0.1, -0.05) is 36.8 Å². The molecular formula is C23H29N3O4S. The van der Waals surface area contributed by atoms with Crippen LogP contribution in [-0.2, 0) is 14.8 Å². The van der Waals surface area contributed by atoms with Crippen LogP contribution in [0, 0.1) is 6.92 Å². The van der Waals surface area contributed by atoms with Crippen molar-refractivity contribution in [2.24, 2.45) is 0 Å². The zero-order valence-corrected chi connectivity index (χ0v) is 19.0. The third-order valence-electron chi connectivity index (χ3n) is 5.43. The molecule has 1 atom stereocenters. The van der Waals surface area contributed by atoms with Gasteiger partial charge < -0.3 is 10.2 Å². The fourth-order valence-electron chi connectivity index (χ4n) is 3.84. The van der Waals surface area contributed by atoms with Crippen molar-refractivity contribution in [1.29, 1.82) is 0 Å². The van der Waals surface area contributed by atoms with Crippen molar-refractivity contribution in [2.75, 3.05) is 29.0 Å². The predicted molar refractivity (Wildman–Crippen MR) is 123 cm³/mol. The molecule has 1 heterocycles. The van der Waals surface area contributed by atoms with Gasteiger partial charge in [0, 0.05) is 13.1 Å². The van der Waals surface area contributed by atoms with Crippen molar-refractivity contribution < 1.29 is 18.0 Å². The second kappa shape index (κ2) is 9.51. The number of hydrogen-bond donors (Lipinski definition) is 1. The van der Waals surface area contributed by atoms with Crippen molar-refractivity contribution in [3.05, 3.63) is 59.7 Å². The number of para-hydroxylation sites is 1. The standard InChI is InChI=1S/C23H29N3O4S/c1-4-21(26(31(3,29)30)18-13-11-17(2)12-14-18)22(27)24-20-10-6-5-9-19(20)23(28)25-15-7-8-16-25/h5-6,9-14,21H,4,7-8,15-16H2,1-3H3,(H,24,27)/t21-/m1/s1. The predicted octanol–water partition coefficient (Wildman–Crippen LogP) is 3.41. The lowest BCUT2D eigenvalue weighted by Crippen LogP contribution is -2.47. The van der Waals surface area contributed by atoms with E-state index in [0.29, 0.717) is 30.0 Å². The van der Waals surface area contributed by atoms with Crippen LogP contribution in [0.5, 0.6) is 0 Å². The number of nitrogens with zero attached hydrogens (tertiary/aromatic N) is 2. The van der Waals surface area contributed by atoms with E-state index in [0.717, 1.165) is 29.0 Å². The molecule has 2 amide bonds. The Hall–Kier alpha value is -2.87. The summed E-state index contributed by atoms with van der Waals surface area (Å²) < 4.78 is 26.4. The van der Waals surface area contributed by atoms with Crippen LogP contribution in [0.1, 0.15) is 42.1 Å². The Bertz CT molecular complexity index is 1040. The van der Waals surface area contributed by atoms with Gasteiger partial charge in [-0.05, 0) is 50.5 Å². The molecule has 0 aliphatic carbocycles. The van der Waals surface area contributed by atoms with Gasteiger partial charge in [-0.3, -0.25) is 13.9 Å². The van der Waals surface area contributed by atoms with Gasteiger partial charge >= 0.3 is 0 Å². The number of anilines is 2. The summed E-state index contributed by atoms with van der Waals surface area (Å²) in [7, 11) is -3.72. The molecule has 2 aromatic carbocycles. The van der Waals surface area contributed by atoms with Gasteiger partial charge in [-0.15, -0.1) is 0 Å². The molecule has 1 aliphatic heterocycles. The fourth-order valence-corrected chi connectivity index (χ4v) is 5.05. The molecule has 1 fully saturated rings. The van der Waals surface area contributed by atoms with E-state index in [1.54, 1.807) is 48.2 Å². The number of carbonyl (C=O) groups is 2. The molecule has 7 nitrogen and oxygen atoms in total. The van der Waals surface area contributed by atoms with Crippen LogP contribution in [0.25, 0.3) is 0 Å². The third-order valence-corrected chi connectivity index (χ3v) is 6.61. The topological polar surface area (TPSA) is 86.8 Å². The highest BCUT2D eigenvalue weighted by Gasteiger charge is 2.32. The van der Waals surface area contributed by atoms with Crippen molar-refractivity contribution in [1.82, 2.24) is 4.90 Å². The molecule has 0 unspecified atom stereocenters. The summed E-state index contributed by atoms with van der Waals surface area (Å²) in [5.74, 6) is -0.602. The van der Waals surface area contributed by atoms with E-state index in [1.165, 1.54) is 0 Å². The van der Waals surface area contributed by atoms with Crippen LogP contribution < -0.4 is 9.62 Å². The Kier molecular flexibility index (Phi) is 7.00. The number of likely N-dealkylation sites (tertiary alicyclic amines) is 1. The highest BCUT2D eigenvalue weighted by Crippen LogP contribution is 2.25. The lowest BCUT2D eigenvalue weighted by Gasteiger charge is -2.30. The summed E-state index contributed by atoms with van der Waals surface area (Å²) in [6, 6.07) is 12.9. The SMILES string of the molecule is CC[C@H](C(=O)Nc1ccccc1C(=O)N1CCCC1)N(c1ccc(C)cc1)S(C)(=O)=O. The Labute approximate surface area is 184 Å². The first-order valence-electron chi connectivity index (χ1n) is 10.5. The molecule has 0 spiro atoms. The number of hydrogen-bond acceptors (Lipinski definition) is 4. The van der Waals surface area contributed by atoms with E-state index in [1.807, 2.05) is 19.1 Å². The van der Waals surface area contributed by atoms with Gasteiger partial charge in [0.25, 0.3) is 5.91 Å². The Morgan fingerprint density at radius 1 is 1.06 bits per heavy atom. The van der Waals surface area contributed by atoms with Crippen LogP contribution in [0.3, 0.4) is 0 Å². The van der Waals surface area contributed by atoms with E-state index in [2.05, 4.69) is 5.32 Å². The number of aryl methyl sites for hydroxylation is 1.